The van der Waals surface area contributed by atoms with Crippen LogP contribution in [0.25, 0.3) is 0 Å². The molecule has 2 atom stereocenters. The molecule has 2 rings (SSSR count). The number of ether oxygens (including phenoxy) is 1. The lowest BCUT2D eigenvalue weighted by Crippen LogP contribution is -2.45. The van der Waals surface area contributed by atoms with Crippen molar-refractivity contribution in [3.8, 4) is 5.75 Å². The Kier molecular flexibility index (Phi) is 10.4. The number of likely N-dealkylation sites (tertiary alicyclic amines) is 1. The number of amides is 1. The van der Waals surface area contributed by atoms with Gasteiger partial charge in [0, 0.05) is 38.2 Å². The summed E-state index contributed by atoms with van der Waals surface area (Å²) in [7, 11) is 0. The Balaban J connectivity index is 0.00000364. The number of carbonyl (C=O) groups is 1. The molecule has 1 aromatic carbocycles. The van der Waals surface area contributed by atoms with Crippen LogP contribution in [0.1, 0.15) is 33.6 Å². The second-order valence-electron chi connectivity index (χ2n) is 6.43. The van der Waals surface area contributed by atoms with E-state index in [2.05, 4.69) is 15.6 Å². The number of nitrogens with one attached hydrogen (secondary N) is 2. The molecule has 8 heteroatoms. The van der Waals surface area contributed by atoms with Gasteiger partial charge in [-0.25, -0.2) is 9.38 Å². The van der Waals surface area contributed by atoms with E-state index in [1.54, 1.807) is 12.1 Å². The highest BCUT2D eigenvalue weighted by atomic mass is 127. The van der Waals surface area contributed by atoms with Gasteiger partial charge in [-0.15, -0.1) is 24.0 Å². The summed E-state index contributed by atoms with van der Waals surface area (Å²) in [5, 5.41) is 6.60. The molecule has 1 saturated heterocycles. The Morgan fingerprint density at radius 1 is 1.44 bits per heavy atom. The van der Waals surface area contributed by atoms with Crippen LogP contribution in [0.4, 0.5) is 4.39 Å². The molecule has 2 N–H and O–H groups in total. The third kappa shape index (κ3) is 7.90. The lowest BCUT2D eigenvalue weighted by Gasteiger charge is -2.19. The van der Waals surface area contributed by atoms with Crippen LogP contribution in [0, 0.1) is 5.82 Å². The van der Waals surface area contributed by atoms with E-state index in [4.69, 9.17) is 4.74 Å². The van der Waals surface area contributed by atoms with Crippen LogP contribution in [0.3, 0.4) is 0 Å². The highest BCUT2D eigenvalue weighted by Gasteiger charge is 2.25. The molecule has 0 aliphatic carbocycles. The van der Waals surface area contributed by atoms with Gasteiger partial charge in [-0.3, -0.25) is 4.79 Å². The number of aliphatic imine (C=N–C) groups is 1. The monoisotopic (exact) mass is 492 g/mol. The fourth-order valence-electron chi connectivity index (χ4n) is 2.87. The van der Waals surface area contributed by atoms with Crippen LogP contribution in [0.5, 0.6) is 5.75 Å². The Morgan fingerprint density at radius 3 is 2.89 bits per heavy atom. The molecule has 1 heterocycles. The average molecular weight is 492 g/mol. The molecule has 2 unspecified atom stereocenters. The van der Waals surface area contributed by atoms with Gasteiger partial charge in [0.05, 0.1) is 6.54 Å². The van der Waals surface area contributed by atoms with Crippen molar-refractivity contribution in [1.82, 2.24) is 15.5 Å². The van der Waals surface area contributed by atoms with Crippen molar-refractivity contribution in [2.24, 2.45) is 4.99 Å². The van der Waals surface area contributed by atoms with Gasteiger partial charge in [0.15, 0.2) is 5.96 Å². The SMILES string of the molecule is CCNC(=NCC(C)Oc1cccc(F)c1)NC1CCN(C(=O)CC)C1.I. The van der Waals surface area contributed by atoms with Gasteiger partial charge in [-0.2, -0.15) is 0 Å². The highest BCUT2D eigenvalue weighted by Crippen LogP contribution is 2.14. The maximum Gasteiger partial charge on any atom is 0.222 e. The second-order valence-corrected chi connectivity index (χ2v) is 6.43. The topological polar surface area (TPSA) is 66.0 Å². The van der Waals surface area contributed by atoms with E-state index in [0.717, 1.165) is 19.5 Å². The summed E-state index contributed by atoms with van der Waals surface area (Å²) in [6.07, 6.45) is 1.26. The van der Waals surface area contributed by atoms with Gasteiger partial charge in [0.1, 0.15) is 17.7 Å². The molecular weight excluding hydrogens is 462 g/mol. The Labute approximate surface area is 178 Å². The van der Waals surface area contributed by atoms with E-state index in [1.165, 1.54) is 12.1 Å². The van der Waals surface area contributed by atoms with Crippen LogP contribution in [0.15, 0.2) is 29.3 Å². The van der Waals surface area contributed by atoms with Crippen LogP contribution in [-0.2, 0) is 4.79 Å². The molecule has 6 nitrogen and oxygen atoms in total. The van der Waals surface area contributed by atoms with Crippen molar-refractivity contribution in [2.75, 3.05) is 26.2 Å². The summed E-state index contributed by atoms with van der Waals surface area (Å²) >= 11 is 0. The molecule has 27 heavy (non-hydrogen) atoms. The summed E-state index contributed by atoms with van der Waals surface area (Å²) in [4.78, 5) is 18.2. The summed E-state index contributed by atoms with van der Waals surface area (Å²) in [5.41, 5.74) is 0. The quantitative estimate of drug-likeness (QED) is 0.349. The lowest BCUT2D eigenvalue weighted by molar-refractivity contribution is -0.129. The molecule has 152 valence electrons. The molecule has 0 radical (unpaired) electrons. The van der Waals surface area contributed by atoms with Gasteiger partial charge in [0.25, 0.3) is 0 Å². The van der Waals surface area contributed by atoms with Crippen molar-refractivity contribution in [3.05, 3.63) is 30.1 Å². The van der Waals surface area contributed by atoms with Crippen LogP contribution in [-0.4, -0.2) is 55.1 Å². The van der Waals surface area contributed by atoms with Crippen molar-refractivity contribution in [3.63, 3.8) is 0 Å². The van der Waals surface area contributed by atoms with E-state index >= 15 is 0 Å². The van der Waals surface area contributed by atoms with E-state index in [-0.39, 0.29) is 47.8 Å². The van der Waals surface area contributed by atoms with Gasteiger partial charge >= 0.3 is 0 Å². The fourth-order valence-corrected chi connectivity index (χ4v) is 2.87. The fraction of sp³-hybridized carbons (Fsp3) is 0.579. The van der Waals surface area contributed by atoms with Crippen molar-refractivity contribution < 1.29 is 13.9 Å². The van der Waals surface area contributed by atoms with Crippen molar-refractivity contribution >= 4 is 35.8 Å². The predicted molar refractivity (Wildman–Crippen MR) is 116 cm³/mol. The molecular formula is C19H30FIN4O2. The molecule has 0 aromatic heterocycles. The first kappa shape index (κ1) is 23.5. The maximum absolute atomic E-state index is 13.2. The third-order valence-corrected chi connectivity index (χ3v) is 4.17. The van der Waals surface area contributed by atoms with Crippen LogP contribution in [0.2, 0.25) is 0 Å². The Hall–Kier alpha value is -1.58. The first-order valence-corrected chi connectivity index (χ1v) is 9.26. The van der Waals surface area contributed by atoms with Gasteiger partial charge in [0.2, 0.25) is 5.91 Å². The molecule has 1 aliphatic heterocycles. The standard InChI is InChI=1S/C19H29FN4O2.HI/c1-4-18(25)24-10-9-16(13-24)23-19(21-5-2)22-12-14(3)26-17-8-6-7-15(20)11-17;/h6-8,11,14,16H,4-5,9-10,12-13H2,1-3H3,(H2,21,22,23);1H. The number of guanidine groups is 1. The third-order valence-electron chi connectivity index (χ3n) is 4.17. The lowest BCUT2D eigenvalue weighted by atomic mass is 10.3. The number of rotatable bonds is 7. The minimum Gasteiger partial charge on any atom is -0.489 e. The molecule has 1 aliphatic rings. The number of hydrogen-bond acceptors (Lipinski definition) is 3. The molecule has 0 bridgehead atoms. The zero-order chi connectivity index (χ0) is 18.9. The molecule has 1 aromatic rings. The van der Waals surface area contributed by atoms with E-state index in [0.29, 0.717) is 31.2 Å². The minimum atomic E-state index is -0.319. The number of carbonyl (C=O) groups excluding carboxylic acids is 1. The number of hydrogen-bond donors (Lipinski definition) is 2. The largest absolute Gasteiger partial charge is 0.489 e. The average Bonchev–Trinajstić information content (AvgIpc) is 3.08. The van der Waals surface area contributed by atoms with Crippen LogP contribution >= 0.6 is 24.0 Å². The van der Waals surface area contributed by atoms with Gasteiger partial charge < -0.3 is 20.3 Å². The first-order chi connectivity index (χ1) is 12.5. The maximum atomic E-state index is 13.2. The van der Waals surface area contributed by atoms with Crippen molar-refractivity contribution in [1.29, 1.82) is 0 Å². The minimum absolute atomic E-state index is 0. The Morgan fingerprint density at radius 2 is 2.22 bits per heavy atom. The number of nitrogens with zero attached hydrogens (tertiary/aromatic N) is 2. The van der Waals surface area contributed by atoms with Gasteiger partial charge in [-0.1, -0.05) is 13.0 Å². The van der Waals surface area contributed by atoms with E-state index in [9.17, 15) is 9.18 Å². The predicted octanol–water partition coefficient (Wildman–Crippen LogP) is 2.78. The summed E-state index contributed by atoms with van der Waals surface area (Å²) < 4.78 is 18.9. The van der Waals surface area contributed by atoms with E-state index < -0.39 is 0 Å². The highest BCUT2D eigenvalue weighted by molar-refractivity contribution is 14.0. The van der Waals surface area contributed by atoms with Crippen LogP contribution < -0.4 is 15.4 Å². The number of benzene rings is 1. The first-order valence-electron chi connectivity index (χ1n) is 9.26. The molecule has 1 fully saturated rings. The zero-order valence-electron chi connectivity index (χ0n) is 16.2. The summed E-state index contributed by atoms with van der Waals surface area (Å²) in [5.74, 6) is 1.07. The zero-order valence-corrected chi connectivity index (χ0v) is 18.5. The molecule has 0 saturated carbocycles. The van der Waals surface area contributed by atoms with E-state index in [1.807, 2.05) is 25.7 Å². The smallest absolute Gasteiger partial charge is 0.222 e. The molecule has 0 spiro atoms. The van der Waals surface area contributed by atoms with Gasteiger partial charge in [-0.05, 0) is 32.4 Å². The summed E-state index contributed by atoms with van der Waals surface area (Å²) in [6, 6.07) is 6.29. The molecule has 1 amide bonds. The Bertz CT molecular complexity index is 629. The van der Waals surface area contributed by atoms with Crippen molar-refractivity contribution in [2.45, 2.75) is 45.8 Å². The number of halogens is 2. The second kappa shape index (κ2) is 12.0. The normalized spacial score (nSPS) is 17.9. The summed E-state index contributed by atoms with van der Waals surface area (Å²) in [6.45, 7) is 8.45.